The number of aliphatic hydroxyl groups is 2. The van der Waals surface area contributed by atoms with E-state index in [0.717, 1.165) is 22.3 Å². The molecule has 4 rings (SSSR count). The van der Waals surface area contributed by atoms with Crippen molar-refractivity contribution in [3.05, 3.63) is 95.1 Å². The van der Waals surface area contributed by atoms with Crippen LogP contribution in [0.2, 0.25) is 0 Å². The van der Waals surface area contributed by atoms with Crippen molar-refractivity contribution in [3.8, 4) is 11.1 Å². The SMILES string of the molecule is O=C(O)CNC(=O)c1ccccc1C(O)C(O)CCNC(=O)OCC1c2ccccc2-c2ccccc21. The van der Waals surface area contributed by atoms with Crippen LogP contribution >= 0.6 is 0 Å². The molecule has 0 aliphatic heterocycles. The van der Waals surface area contributed by atoms with E-state index < -0.39 is 36.7 Å². The maximum Gasteiger partial charge on any atom is 0.407 e. The number of rotatable bonds is 10. The molecule has 2 atom stereocenters. The molecule has 9 heteroatoms. The summed E-state index contributed by atoms with van der Waals surface area (Å²) < 4.78 is 5.47. The Labute approximate surface area is 213 Å². The van der Waals surface area contributed by atoms with Gasteiger partial charge in [0.2, 0.25) is 0 Å². The highest BCUT2D eigenvalue weighted by Crippen LogP contribution is 2.44. The highest BCUT2D eigenvalue weighted by Gasteiger charge is 2.29. The third-order valence-corrected chi connectivity index (χ3v) is 6.34. The minimum absolute atomic E-state index is 0.00353. The summed E-state index contributed by atoms with van der Waals surface area (Å²) in [6.45, 7) is -0.387. The Kier molecular flexibility index (Phi) is 8.17. The number of aliphatic carboxylic acids is 1. The van der Waals surface area contributed by atoms with Crippen LogP contribution in [0.15, 0.2) is 72.8 Å². The van der Waals surface area contributed by atoms with Gasteiger partial charge in [-0.2, -0.15) is 0 Å². The maximum absolute atomic E-state index is 12.3. The van der Waals surface area contributed by atoms with Gasteiger partial charge >= 0.3 is 12.1 Å². The van der Waals surface area contributed by atoms with Crippen LogP contribution in [0.5, 0.6) is 0 Å². The summed E-state index contributed by atoms with van der Waals surface area (Å²) in [5.74, 6) is -1.96. The van der Waals surface area contributed by atoms with Gasteiger partial charge in [0.05, 0.1) is 6.10 Å². The van der Waals surface area contributed by atoms with Gasteiger partial charge in [0, 0.05) is 18.0 Å². The summed E-state index contributed by atoms with van der Waals surface area (Å²) in [6.07, 6.45) is -3.36. The molecule has 1 aliphatic rings. The lowest BCUT2D eigenvalue weighted by Crippen LogP contribution is -2.32. The molecule has 0 saturated carbocycles. The molecule has 0 spiro atoms. The second-order valence-corrected chi connectivity index (χ2v) is 8.72. The van der Waals surface area contributed by atoms with Crippen molar-refractivity contribution in [1.29, 1.82) is 0 Å². The van der Waals surface area contributed by atoms with Crippen LogP contribution in [0.3, 0.4) is 0 Å². The van der Waals surface area contributed by atoms with Crippen molar-refractivity contribution in [2.24, 2.45) is 0 Å². The Morgan fingerprint density at radius 1 is 0.838 bits per heavy atom. The van der Waals surface area contributed by atoms with E-state index in [-0.39, 0.29) is 36.6 Å². The average Bonchev–Trinajstić information content (AvgIpc) is 3.23. The van der Waals surface area contributed by atoms with E-state index in [0.29, 0.717) is 0 Å². The summed E-state index contributed by atoms with van der Waals surface area (Å²) >= 11 is 0. The molecule has 3 aromatic rings. The molecule has 2 amide bonds. The van der Waals surface area contributed by atoms with Crippen LogP contribution < -0.4 is 10.6 Å². The van der Waals surface area contributed by atoms with Gasteiger partial charge in [-0.3, -0.25) is 9.59 Å². The summed E-state index contributed by atoms with van der Waals surface area (Å²) in [7, 11) is 0. The zero-order chi connectivity index (χ0) is 26.4. The topological polar surface area (TPSA) is 145 Å². The number of hydrogen-bond donors (Lipinski definition) is 5. The molecule has 5 N–H and O–H groups in total. The number of carbonyl (C=O) groups excluding carboxylic acids is 2. The van der Waals surface area contributed by atoms with E-state index >= 15 is 0 Å². The van der Waals surface area contributed by atoms with Gasteiger partial charge in [0.1, 0.15) is 19.3 Å². The Balaban J connectivity index is 1.29. The average molecular weight is 505 g/mol. The van der Waals surface area contributed by atoms with Crippen LogP contribution in [0, 0.1) is 0 Å². The Morgan fingerprint density at radius 2 is 1.43 bits per heavy atom. The van der Waals surface area contributed by atoms with Gasteiger partial charge in [-0.05, 0) is 40.3 Å². The molecule has 0 fully saturated rings. The smallest absolute Gasteiger partial charge is 0.407 e. The Bertz CT molecular complexity index is 1250. The van der Waals surface area contributed by atoms with E-state index in [1.165, 1.54) is 12.1 Å². The molecular weight excluding hydrogens is 476 g/mol. The van der Waals surface area contributed by atoms with E-state index in [2.05, 4.69) is 22.8 Å². The third-order valence-electron chi connectivity index (χ3n) is 6.34. The minimum atomic E-state index is -1.42. The van der Waals surface area contributed by atoms with Gasteiger partial charge in [0.25, 0.3) is 5.91 Å². The molecule has 9 nitrogen and oxygen atoms in total. The van der Waals surface area contributed by atoms with Gasteiger partial charge in [-0.15, -0.1) is 0 Å². The van der Waals surface area contributed by atoms with E-state index in [9.17, 15) is 24.6 Å². The number of carbonyl (C=O) groups is 3. The minimum Gasteiger partial charge on any atom is -0.480 e. The number of carboxylic acids is 1. The molecule has 1 aliphatic carbocycles. The first-order valence-corrected chi connectivity index (χ1v) is 11.9. The Morgan fingerprint density at radius 3 is 2.08 bits per heavy atom. The fourth-order valence-electron chi connectivity index (χ4n) is 4.55. The van der Waals surface area contributed by atoms with Gasteiger partial charge in [-0.1, -0.05) is 66.7 Å². The predicted octanol–water partition coefficient (Wildman–Crippen LogP) is 2.82. The van der Waals surface area contributed by atoms with Gasteiger partial charge < -0.3 is 30.7 Å². The molecule has 2 unspecified atom stereocenters. The molecule has 0 heterocycles. The fourth-order valence-corrected chi connectivity index (χ4v) is 4.55. The first-order valence-electron chi connectivity index (χ1n) is 11.9. The van der Waals surface area contributed by atoms with Gasteiger partial charge in [-0.25, -0.2) is 4.79 Å². The summed E-state index contributed by atoms with van der Waals surface area (Å²) in [5.41, 5.74) is 4.66. The highest BCUT2D eigenvalue weighted by molar-refractivity contribution is 5.97. The number of alkyl carbamates (subject to hydrolysis) is 1. The lowest BCUT2D eigenvalue weighted by molar-refractivity contribution is -0.135. The zero-order valence-corrected chi connectivity index (χ0v) is 20.0. The third kappa shape index (κ3) is 5.96. The molecule has 192 valence electrons. The van der Waals surface area contributed by atoms with Crippen molar-refractivity contribution in [2.75, 3.05) is 19.7 Å². The fraction of sp³-hybridized carbons (Fsp3) is 0.250. The summed E-state index contributed by atoms with van der Waals surface area (Å²) in [6, 6.07) is 22.1. The quantitative estimate of drug-likeness (QED) is 0.285. The van der Waals surface area contributed by atoms with E-state index in [4.69, 9.17) is 9.84 Å². The number of amides is 2. The largest absolute Gasteiger partial charge is 0.480 e. The first kappa shape index (κ1) is 25.9. The molecular formula is C28H28N2O7. The first-order chi connectivity index (χ1) is 17.9. The number of hydrogen-bond acceptors (Lipinski definition) is 6. The molecule has 0 radical (unpaired) electrons. The number of nitrogens with one attached hydrogen (secondary N) is 2. The summed E-state index contributed by atoms with van der Waals surface area (Å²) in [5, 5.41) is 34.6. The van der Waals surface area contributed by atoms with Crippen molar-refractivity contribution < 1.29 is 34.4 Å². The second kappa shape index (κ2) is 11.7. The molecule has 37 heavy (non-hydrogen) atoms. The molecule has 0 saturated heterocycles. The van der Waals surface area contributed by atoms with E-state index in [1.807, 2.05) is 36.4 Å². The van der Waals surface area contributed by atoms with Crippen LogP contribution in [0.4, 0.5) is 4.79 Å². The molecule has 0 bridgehead atoms. The van der Waals surface area contributed by atoms with Crippen molar-refractivity contribution >= 4 is 18.0 Å². The number of aliphatic hydroxyl groups excluding tert-OH is 2. The van der Waals surface area contributed by atoms with Crippen molar-refractivity contribution in [1.82, 2.24) is 10.6 Å². The maximum atomic E-state index is 12.3. The number of fused-ring (bicyclic) bond motifs is 3. The monoisotopic (exact) mass is 504 g/mol. The molecule has 0 aromatic heterocycles. The normalized spacial score (nSPS) is 13.7. The lowest BCUT2D eigenvalue weighted by Gasteiger charge is -2.21. The zero-order valence-electron chi connectivity index (χ0n) is 20.0. The number of benzene rings is 3. The standard InChI is InChI=1S/C28H28N2O7/c31-24(26(34)21-11-5-6-12-22(21)27(35)30-15-25(32)33)13-14-29-28(36)37-16-23-19-9-3-1-7-17(19)18-8-2-4-10-20(18)23/h1-12,23-24,26,31,34H,13-16H2,(H,29,36)(H,30,35)(H,32,33). The lowest BCUT2D eigenvalue weighted by atomic mass is 9.96. The Hall–Kier alpha value is -4.21. The highest BCUT2D eigenvalue weighted by atomic mass is 16.5. The second-order valence-electron chi connectivity index (χ2n) is 8.72. The molecule has 3 aromatic carbocycles. The van der Waals surface area contributed by atoms with Crippen LogP contribution in [0.1, 0.15) is 45.5 Å². The predicted molar refractivity (Wildman–Crippen MR) is 135 cm³/mol. The summed E-state index contributed by atoms with van der Waals surface area (Å²) in [4.78, 5) is 35.3. The van der Waals surface area contributed by atoms with Crippen LogP contribution in [-0.4, -0.2) is 59.1 Å². The van der Waals surface area contributed by atoms with Crippen molar-refractivity contribution in [2.45, 2.75) is 24.5 Å². The van der Waals surface area contributed by atoms with Crippen LogP contribution in [0.25, 0.3) is 11.1 Å². The van der Waals surface area contributed by atoms with Crippen LogP contribution in [-0.2, 0) is 9.53 Å². The van der Waals surface area contributed by atoms with Gasteiger partial charge in [0.15, 0.2) is 0 Å². The van der Waals surface area contributed by atoms with Crippen molar-refractivity contribution in [3.63, 3.8) is 0 Å². The number of ether oxygens (including phenoxy) is 1. The van der Waals surface area contributed by atoms with E-state index in [1.54, 1.807) is 12.1 Å². The number of carboxylic acid groups (broad SMARTS) is 1.